The molecule has 0 amide bonds. The second-order valence-corrected chi connectivity index (χ2v) is 9.45. The van der Waals surface area contributed by atoms with Crippen LogP contribution >= 0.6 is 0 Å². The molecule has 7 nitrogen and oxygen atoms in total. The quantitative estimate of drug-likeness (QED) is 0.368. The molecule has 1 fully saturated rings. The van der Waals surface area contributed by atoms with Crippen molar-refractivity contribution in [2.24, 2.45) is 7.05 Å². The van der Waals surface area contributed by atoms with E-state index in [-0.39, 0.29) is 17.8 Å². The van der Waals surface area contributed by atoms with E-state index in [1.807, 2.05) is 36.0 Å². The number of hydrogen-bond acceptors (Lipinski definition) is 5. The molecule has 0 aliphatic heterocycles. The highest BCUT2D eigenvalue weighted by atomic mass is 16.5. The molecule has 1 saturated carbocycles. The van der Waals surface area contributed by atoms with Crippen molar-refractivity contribution in [3.8, 4) is 16.9 Å². The molecule has 2 aromatic heterocycles. The molecule has 0 radical (unpaired) electrons. The average molecular weight is 461 g/mol. The first-order valence-corrected chi connectivity index (χ1v) is 11.9. The van der Waals surface area contributed by atoms with Crippen LogP contribution in [0.3, 0.4) is 0 Å². The second kappa shape index (κ2) is 9.24. The van der Waals surface area contributed by atoms with Gasteiger partial charge < -0.3 is 14.4 Å². The molecule has 0 atom stereocenters. The fourth-order valence-corrected chi connectivity index (χ4v) is 4.80. The largest absolute Gasteiger partial charge is 0.494 e. The predicted molar refractivity (Wildman–Crippen MR) is 136 cm³/mol. The average Bonchev–Trinajstić information content (AvgIpc) is 3.07. The van der Waals surface area contributed by atoms with Gasteiger partial charge in [0.05, 0.1) is 35.5 Å². The molecule has 0 N–H and O–H groups in total. The molecule has 34 heavy (non-hydrogen) atoms. The van der Waals surface area contributed by atoms with E-state index in [2.05, 4.69) is 48.2 Å². The number of fused-ring (bicyclic) bond motifs is 3. The number of hydrogen-bond donors (Lipinski definition) is 0. The number of benzene rings is 2. The van der Waals surface area contributed by atoms with Gasteiger partial charge in [0.25, 0.3) is 0 Å². The van der Waals surface area contributed by atoms with E-state index in [4.69, 9.17) is 9.47 Å². The monoisotopic (exact) mass is 460 g/mol. The molecule has 0 saturated heterocycles. The van der Waals surface area contributed by atoms with Gasteiger partial charge >= 0.3 is 5.69 Å². The van der Waals surface area contributed by atoms with E-state index in [0.29, 0.717) is 6.61 Å². The van der Waals surface area contributed by atoms with Gasteiger partial charge in [-0.3, -0.25) is 14.1 Å². The zero-order chi connectivity index (χ0) is 23.8. The molecule has 5 rings (SSSR count). The van der Waals surface area contributed by atoms with Gasteiger partial charge in [0, 0.05) is 32.1 Å². The lowest BCUT2D eigenvalue weighted by molar-refractivity contribution is 0.00635. The lowest BCUT2D eigenvalue weighted by Gasteiger charge is -2.34. The summed E-state index contributed by atoms with van der Waals surface area (Å²) in [5, 5.41) is 0.998. The Morgan fingerprint density at radius 2 is 1.82 bits per heavy atom. The van der Waals surface area contributed by atoms with E-state index >= 15 is 0 Å². The molecular weight excluding hydrogens is 428 g/mol. The number of ether oxygens (including phenoxy) is 2. The number of imidazole rings is 1. The molecule has 7 heteroatoms. The third-order valence-corrected chi connectivity index (χ3v) is 6.89. The topological polar surface area (TPSA) is 61.5 Å². The Morgan fingerprint density at radius 3 is 2.53 bits per heavy atom. The van der Waals surface area contributed by atoms with Gasteiger partial charge in [-0.05, 0) is 68.8 Å². The van der Waals surface area contributed by atoms with E-state index < -0.39 is 0 Å². The van der Waals surface area contributed by atoms with Gasteiger partial charge in [-0.25, -0.2) is 4.79 Å². The number of methoxy groups -OCH3 is 1. The highest BCUT2D eigenvalue weighted by molar-refractivity contribution is 6.04. The van der Waals surface area contributed by atoms with Crippen LogP contribution in [0, 0.1) is 0 Å². The van der Waals surface area contributed by atoms with Crippen molar-refractivity contribution < 1.29 is 9.47 Å². The SMILES string of the molecule is CO[C@H]1C[C@H](n2c(=O)n(C)c3cnc4ccc(-c5ccc(OCCCN(C)C)cc5)cc4c32)C1. The van der Waals surface area contributed by atoms with Gasteiger partial charge in [0.1, 0.15) is 5.75 Å². The number of rotatable bonds is 8. The molecule has 4 aromatic rings. The fraction of sp³-hybridized carbons (Fsp3) is 0.407. The van der Waals surface area contributed by atoms with E-state index in [0.717, 1.165) is 64.6 Å². The third kappa shape index (κ3) is 4.10. The van der Waals surface area contributed by atoms with Crippen LogP contribution in [0.5, 0.6) is 5.75 Å². The number of pyridine rings is 1. The van der Waals surface area contributed by atoms with Gasteiger partial charge in [-0.2, -0.15) is 0 Å². The minimum Gasteiger partial charge on any atom is -0.494 e. The van der Waals surface area contributed by atoms with Crippen LogP contribution in [0.1, 0.15) is 25.3 Å². The molecule has 178 valence electrons. The Hall–Kier alpha value is -3.16. The first kappa shape index (κ1) is 22.6. The highest BCUT2D eigenvalue weighted by Crippen LogP contribution is 2.37. The Balaban J connectivity index is 1.48. The van der Waals surface area contributed by atoms with Crippen LogP contribution in [0.25, 0.3) is 33.1 Å². The Bertz CT molecular complexity index is 1360. The van der Waals surface area contributed by atoms with E-state index in [9.17, 15) is 4.79 Å². The van der Waals surface area contributed by atoms with Crippen molar-refractivity contribution in [3.05, 3.63) is 59.1 Å². The van der Waals surface area contributed by atoms with Crippen LogP contribution in [0.4, 0.5) is 0 Å². The number of aromatic nitrogens is 3. The lowest BCUT2D eigenvalue weighted by Crippen LogP contribution is -2.37. The second-order valence-electron chi connectivity index (χ2n) is 9.45. The number of nitrogens with zero attached hydrogens (tertiary/aromatic N) is 4. The van der Waals surface area contributed by atoms with Crippen molar-refractivity contribution >= 4 is 21.9 Å². The molecule has 1 aliphatic rings. The lowest BCUT2D eigenvalue weighted by atomic mass is 9.89. The van der Waals surface area contributed by atoms with Crippen LogP contribution < -0.4 is 10.4 Å². The normalized spacial score (nSPS) is 18.0. The Morgan fingerprint density at radius 1 is 1.09 bits per heavy atom. The van der Waals surface area contributed by atoms with Crippen molar-refractivity contribution in [1.29, 1.82) is 0 Å². The maximum absolute atomic E-state index is 13.1. The van der Waals surface area contributed by atoms with Crippen LogP contribution in [-0.2, 0) is 11.8 Å². The molecule has 0 unspecified atom stereocenters. The van der Waals surface area contributed by atoms with Crippen molar-refractivity contribution in [1.82, 2.24) is 19.0 Å². The predicted octanol–water partition coefficient (Wildman–Crippen LogP) is 4.24. The van der Waals surface area contributed by atoms with Crippen LogP contribution in [0.2, 0.25) is 0 Å². The minimum absolute atomic E-state index is 0.00465. The Kier molecular flexibility index (Phi) is 6.15. The van der Waals surface area contributed by atoms with Gasteiger partial charge in [0.15, 0.2) is 0 Å². The summed E-state index contributed by atoms with van der Waals surface area (Å²) >= 11 is 0. The summed E-state index contributed by atoms with van der Waals surface area (Å²) in [6.45, 7) is 1.71. The summed E-state index contributed by atoms with van der Waals surface area (Å²) in [5.74, 6) is 0.877. The summed E-state index contributed by atoms with van der Waals surface area (Å²) < 4.78 is 15.0. The Labute approximate surface area is 199 Å². The molecular formula is C27H32N4O3. The molecule has 2 heterocycles. The first-order chi connectivity index (χ1) is 16.5. The zero-order valence-electron chi connectivity index (χ0n) is 20.3. The molecule has 1 aliphatic carbocycles. The van der Waals surface area contributed by atoms with Crippen molar-refractivity contribution in [2.75, 3.05) is 34.4 Å². The minimum atomic E-state index is 0.00465. The summed E-state index contributed by atoms with van der Waals surface area (Å²) in [5.41, 5.74) is 4.90. The molecule has 2 aromatic carbocycles. The smallest absolute Gasteiger partial charge is 0.329 e. The number of aryl methyl sites for hydroxylation is 1. The first-order valence-electron chi connectivity index (χ1n) is 11.9. The maximum atomic E-state index is 13.1. The standard InChI is InChI=1S/C27H32N4O3/c1-29(2)12-5-13-34-21-9-6-18(7-10-21)19-8-11-24-23(14-19)26-25(17-28-24)30(3)27(32)31(26)20-15-22(16-20)33-4/h6-11,14,17,20,22H,5,12-13,15-16H2,1-4H3/t20-,22-. The van der Waals surface area contributed by atoms with E-state index in [1.54, 1.807) is 11.7 Å². The summed E-state index contributed by atoms with van der Waals surface area (Å²) in [4.78, 5) is 19.9. The summed E-state index contributed by atoms with van der Waals surface area (Å²) in [6.07, 6.45) is 4.74. The molecule has 0 bridgehead atoms. The zero-order valence-corrected chi connectivity index (χ0v) is 20.3. The van der Waals surface area contributed by atoms with Gasteiger partial charge in [-0.15, -0.1) is 0 Å². The third-order valence-electron chi connectivity index (χ3n) is 6.89. The van der Waals surface area contributed by atoms with E-state index in [1.165, 1.54) is 0 Å². The van der Waals surface area contributed by atoms with Gasteiger partial charge in [-0.1, -0.05) is 18.2 Å². The van der Waals surface area contributed by atoms with Crippen LogP contribution in [-0.4, -0.2) is 59.5 Å². The van der Waals surface area contributed by atoms with Crippen molar-refractivity contribution in [3.63, 3.8) is 0 Å². The summed E-state index contributed by atoms with van der Waals surface area (Å²) in [6, 6.07) is 14.6. The van der Waals surface area contributed by atoms with Crippen molar-refractivity contribution in [2.45, 2.75) is 31.4 Å². The highest BCUT2D eigenvalue weighted by Gasteiger charge is 2.33. The van der Waals surface area contributed by atoms with Gasteiger partial charge in [0.2, 0.25) is 0 Å². The van der Waals surface area contributed by atoms with Crippen LogP contribution in [0.15, 0.2) is 53.5 Å². The molecule has 0 spiro atoms. The summed E-state index contributed by atoms with van der Waals surface area (Å²) in [7, 11) is 7.69. The maximum Gasteiger partial charge on any atom is 0.329 e. The fourth-order valence-electron chi connectivity index (χ4n) is 4.80.